The van der Waals surface area contributed by atoms with E-state index in [0.717, 1.165) is 12.1 Å². The molecule has 1 atom stereocenters. The highest BCUT2D eigenvalue weighted by Crippen LogP contribution is 2.31. The number of benzene rings is 1. The molecule has 17 heavy (non-hydrogen) atoms. The lowest BCUT2D eigenvalue weighted by atomic mass is 10.0. The van der Waals surface area contributed by atoms with Gasteiger partial charge >= 0.3 is 6.18 Å². The van der Waals surface area contributed by atoms with E-state index in [4.69, 9.17) is 11.5 Å². The Labute approximate surface area is 96.6 Å². The van der Waals surface area contributed by atoms with Gasteiger partial charge < -0.3 is 11.5 Å². The molecule has 1 aromatic rings. The molecular formula is C11H14F4N2. The Morgan fingerprint density at radius 3 is 2.35 bits per heavy atom. The third-order valence-corrected chi connectivity index (χ3v) is 2.39. The molecule has 2 nitrogen and oxygen atoms in total. The van der Waals surface area contributed by atoms with Gasteiger partial charge in [0, 0.05) is 6.04 Å². The summed E-state index contributed by atoms with van der Waals surface area (Å²) >= 11 is 0. The highest BCUT2D eigenvalue weighted by molar-refractivity contribution is 5.28. The van der Waals surface area contributed by atoms with E-state index in [1.54, 1.807) is 0 Å². The first-order valence-corrected chi connectivity index (χ1v) is 5.18. The quantitative estimate of drug-likeness (QED) is 0.807. The second-order valence-electron chi connectivity index (χ2n) is 3.81. The maximum Gasteiger partial charge on any atom is 0.416 e. The van der Waals surface area contributed by atoms with Gasteiger partial charge in [-0.2, -0.15) is 13.2 Å². The molecule has 0 unspecified atom stereocenters. The van der Waals surface area contributed by atoms with Gasteiger partial charge in [-0.05, 0) is 43.1 Å². The lowest BCUT2D eigenvalue weighted by Gasteiger charge is -2.14. The van der Waals surface area contributed by atoms with Gasteiger partial charge in [0.2, 0.25) is 0 Å². The first-order valence-electron chi connectivity index (χ1n) is 5.18. The SMILES string of the molecule is NCCC[C@H](N)c1cc(F)cc(C(F)(F)F)c1. The molecule has 0 saturated carbocycles. The van der Waals surface area contributed by atoms with Gasteiger partial charge in [-0.3, -0.25) is 0 Å². The number of rotatable bonds is 4. The molecular weight excluding hydrogens is 236 g/mol. The van der Waals surface area contributed by atoms with E-state index < -0.39 is 23.6 Å². The predicted molar refractivity (Wildman–Crippen MR) is 56.6 cm³/mol. The van der Waals surface area contributed by atoms with Crippen LogP contribution in [0.1, 0.15) is 30.0 Å². The summed E-state index contributed by atoms with van der Waals surface area (Å²) in [7, 11) is 0. The molecule has 96 valence electrons. The monoisotopic (exact) mass is 250 g/mol. The Kier molecular flexibility index (Phi) is 4.47. The lowest BCUT2D eigenvalue weighted by Crippen LogP contribution is -2.14. The first-order chi connectivity index (χ1) is 7.84. The summed E-state index contributed by atoms with van der Waals surface area (Å²) < 4.78 is 50.4. The number of nitrogens with two attached hydrogens (primary N) is 2. The maximum absolute atomic E-state index is 13.1. The normalized spacial score (nSPS) is 13.8. The van der Waals surface area contributed by atoms with E-state index in [-0.39, 0.29) is 5.56 Å². The van der Waals surface area contributed by atoms with Crippen molar-refractivity contribution in [3.63, 3.8) is 0 Å². The molecule has 0 aliphatic heterocycles. The van der Waals surface area contributed by atoms with Crippen molar-refractivity contribution in [2.75, 3.05) is 6.54 Å². The Balaban J connectivity index is 2.97. The van der Waals surface area contributed by atoms with Crippen LogP contribution in [-0.4, -0.2) is 6.54 Å². The number of hydrogen-bond acceptors (Lipinski definition) is 2. The molecule has 6 heteroatoms. The van der Waals surface area contributed by atoms with Gasteiger partial charge in [-0.15, -0.1) is 0 Å². The van der Waals surface area contributed by atoms with E-state index in [9.17, 15) is 17.6 Å². The van der Waals surface area contributed by atoms with Crippen molar-refractivity contribution in [3.8, 4) is 0 Å². The average Bonchev–Trinajstić information content (AvgIpc) is 2.23. The van der Waals surface area contributed by atoms with Crippen molar-refractivity contribution in [3.05, 3.63) is 35.1 Å². The standard InChI is InChI=1S/C11H14F4N2/c12-9-5-7(10(17)2-1-3-16)4-8(6-9)11(13,14)15/h4-6,10H,1-3,16-17H2/t10-/m0/s1. The molecule has 0 spiro atoms. The molecule has 0 aliphatic carbocycles. The summed E-state index contributed by atoms with van der Waals surface area (Å²) in [6, 6.07) is 1.73. The summed E-state index contributed by atoms with van der Waals surface area (Å²) in [6.45, 7) is 0.398. The highest BCUT2D eigenvalue weighted by Gasteiger charge is 2.31. The van der Waals surface area contributed by atoms with E-state index in [1.807, 2.05) is 0 Å². The van der Waals surface area contributed by atoms with Crippen LogP contribution in [-0.2, 0) is 6.18 Å². The van der Waals surface area contributed by atoms with Crippen molar-refractivity contribution in [2.45, 2.75) is 25.1 Å². The third-order valence-electron chi connectivity index (χ3n) is 2.39. The van der Waals surface area contributed by atoms with Gasteiger partial charge in [-0.25, -0.2) is 4.39 Å². The summed E-state index contributed by atoms with van der Waals surface area (Å²) in [5.74, 6) is -0.932. The van der Waals surface area contributed by atoms with Crippen molar-refractivity contribution in [1.82, 2.24) is 0 Å². The number of halogens is 4. The lowest BCUT2D eigenvalue weighted by molar-refractivity contribution is -0.137. The van der Waals surface area contributed by atoms with Gasteiger partial charge in [0.1, 0.15) is 5.82 Å². The summed E-state index contributed by atoms with van der Waals surface area (Å²) in [5, 5.41) is 0. The van der Waals surface area contributed by atoms with Crippen molar-refractivity contribution >= 4 is 0 Å². The molecule has 0 bridgehead atoms. The Morgan fingerprint density at radius 2 is 1.82 bits per heavy atom. The molecule has 0 amide bonds. The van der Waals surface area contributed by atoms with E-state index in [2.05, 4.69) is 0 Å². The van der Waals surface area contributed by atoms with Gasteiger partial charge in [-0.1, -0.05) is 0 Å². The summed E-state index contributed by atoms with van der Waals surface area (Å²) in [5.41, 5.74) is 10.1. The maximum atomic E-state index is 13.1. The van der Waals surface area contributed by atoms with Crippen LogP contribution in [0, 0.1) is 5.82 Å². The van der Waals surface area contributed by atoms with Crippen LogP contribution in [0.2, 0.25) is 0 Å². The first kappa shape index (κ1) is 13.9. The highest BCUT2D eigenvalue weighted by atomic mass is 19.4. The minimum Gasteiger partial charge on any atom is -0.330 e. The van der Waals surface area contributed by atoms with Gasteiger partial charge in [0.15, 0.2) is 0 Å². The Hall–Kier alpha value is -1.14. The van der Waals surface area contributed by atoms with Crippen LogP contribution in [0.15, 0.2) is 18.2 Å². The Morgan fingerprint density at radius 1 is 1.18 bits per heavy atom. The van der Waals surface area contributed by atoms with Crippen molar-refractivity contribution < 1.29 is 17.6 Å². The van der Waals surface area contributed by atoms with Crippen molar-refractivity contribution in [1.29, 1.82) is 0 Å². The van der Waals surface area contributed by atoms with E-state index >= 15 is 0 Å². The van der Waals surface area contributed by atoms with E-state index in [1.165, 1.54) is 0 Å². The minimum absolute atomic E-state index is 0.144. The van der Waals surface area contributed by atoms with Gasteiger partial charge in [0.25, 0.3) is 0 Å². The van der Waals surface area contributed by atoms with Crippen LogP contribution in [0.5, 0.6) is 0 Å². The fraction of sp³-hybridized carbons (Fsp3) is 0.455. The fourth-order valence-electron chi connectivity index (χ4n) is 1.49. The zero-order valence-electron chi connectivity index (χ0n) is 9.10. The van der Waals surface area contributed by atoms with E-state index in [0.29, 0.717) is 25.5 Å². The predicted octanol–water partition coefficient (Wildman–Crippen LogP) is 2.58. The summed E-state index contributed by atoms with van der Waals surface area (Å²) in [4.78, 5) is 0. The van der Waals surface area contributed by atoms with Crippen LogP contribution < -0.4 is 11.5 Å². The molecule has 0 heterocycles. The molecule has 0 saturated heterocycles. The smallest absolute Gasteiger partial charge is 0.330 e. The minimum atomic E-state index is -4.57. The zero-order valence-corrected chi connectivity index (χ0v) is 9.10. The molecule has 4 N–H and O–H groups in total. The van der Waals surface area contributed by atoms with Crippen molar-refractivity contribution in [2.24, 2.45) is 11.5 Å². The van der Waals surface area contributed by atoms with Gasteiger partial charge in [0.05, 0.1) is 5.56 Å². The zero-order chi connectivity index (χ0) is 13.1. The van der Waals surface area contributed by atoms with Crippen LogP contribution in [0.25, 0.3) is 0 Å². The van der Waals surface area contributed by atoms with Crippen LogP contribution >= 0.6 is 0 Å². The second kappa shape index (κ2) is 5.46. The molecule has 1 rings (SSSR count). The molecule has 0 fully saturated rings. The number of hydrogen-bond donors (Lipinski definition) is 2. The fourth-order valence-corrected chi connectivity index (χ4v) is 1.49. The van der Waals surface area contributed by atoms with Crippen LogP contribution in [0.4, 0.5) is 17.6 Å². The second-order valence-corrected chi connectivity index (χ2v) is 3.81. The summed E-state index contributed by atoms with van der Waals surface area (Å²) in [6.07, 6.45) is -3.55. The molecule has 1 aromatic carbocycles. The molecule has 0 radical (unpaired) electrons. The topological polar surface area (TPSA) is 52.0 Å². The molecule has 0 aromatic heterocycles. The Bertz CT molecular complexity index is 376. The largest absolute Gasteiger partial charge is 0.416 e. The van der Waals surface area contributed by atoms with Crippen LogP contribution in [0.3, 0.4) is 0 Å². The number of alkyl halides is 3. The molecule has 0 aliphatic rings. The third kappa shape index (κ3) is 3.98. The average molecular weight is 250 g/mol.